The third kappa shape index (κ3) is 5.04. The molecule has 1 aromatic heterocycles. The Kier molecular flexibility index (Phi) is 6.60. The van der Waals surface area contributed by atoms with Gasteiger partial charge in [-0.1, -0.05) is 41.0 Å². The molecule has 0 fully saturated rings. The molecule has 0 saturated carbocycles. The van der Waals surface area contributed by atoms with Gasteiger partial charge in [-0.05, 0) is 73.9 Å². The second-order valence-corrected chi connectivity index (χ2v) is 8.28. The number of thioether (sulfide) groups is 1. The number of nitrogens with one attached hydrogen (secondary N) is 1. The molecule has 0 atom stereocenters. The molecular formula is C21H19Cl2N3OS. The summed E-state index contributed by atoms with van der Waals surface area (Å²) < 4.78 is 0. The molecule has 28 heavy (non-hydrogen) atoms. The fourth-order valence-corrected chi connectivity index (χ4v) is 3.60. The van der Waals surface area contributed by atoms with E-state index in [4.69, 9.17) is 23.2 Å². The van der Waals surface area contributed by atoms with Crippen LogP contribution in [0.1, 0.15) is 16.7 Å². The van der Waals surface area contributed by atoms with Crippen LogP contribution in [0.15, 0.2) is 47.5 Å². The van der Waals surface area contributed by atoms with Crippen molar-refractivity contribution in [1.82, 2.24) is 10.2 Å². The summed E-state index contributed by atoms with van der Waals surface area (Å²) in [6.07, 6.45) is 0. The number of amides is 1. The molecule has 0 aliphatic rings. The minimum Gasteiger partial charge on any atom is -0.325 e. The van der Waals surface area contributed by atoms with E-state index in [1.54, 1.807) is 18.2 Å². The van der Waals surface area contributed by atoms with E-state index >= 15 is 0 Å². The second-order valence-electron chi connectivity index (χ2n) is 6.47. The largest absolute Gasteiger partial charge is 0.325 e. The summed E-state index contributed by atoms with van der Waals surface area (Å²) in [5.74, 6) is 0.0657. The zero-order valence-electron chi connectivity index (χ0n) is 15.7. The molecule has 7 heteroatoms. The van der Waals surface area contributed by atoms with Crippen LogP contribution in [-0.2, 0) is 4.79 Å². The summed E-state index contributed by atoms with van der Waals surface area (Å²) in [6.45, 7) is 6.25. The standard InChI is InChI=1S/C21H19Cl2N3OS/c1-12-8-14(3)16(9-13(12)2)19-6-7-21(26-25-19)28-11-20(27)24-15-4-5-17(22)18(23)10-15/h4-10H,11H2,1-3H3,(H,24,27). The normalized spacial score (nSPS) is 10.8. The predicted octanol–water partition coefficient (Wildman–Crippen LogP) is 6.11. The molecular weight excluding hydrogens is 413 g/mol. The van der Waals surface area contributed by atoms with Crippen molar-refractivity contribution in [2.45, 2.75) is 25.8 Å². The Balaban J connectivity index is 1.62. The van der Waals surface area contributed by atoms with Crippen molar-refractivity contribution < 1.29 is 4.79 Å². The van der Waals surface area contributed by atoms with Gasteiger partial charge in [0.15, 0.2) is 0 Å². The van der Waals surface area contributed by atoms with Crippen molar-refractivity contribution in [3.8, 4) is 11.3 Å². The maximum atomic E-state index is 12.1. The van der Waals surface area contributed by atoms with E-state index in [9.17, 15) is 4.79 Å². The van der Waals surface area contributed by atoms with E-state index in [-0.39, 0.29) is 11.7 Å². The Hall–Kier alpha value is -2.08. The van der Waals surface area contributed by atoms with Crippen molar-refractivity contribution in [2.75, 3.05) is 11.1 Å². The average Bonchev–Trinajstić information content (AvgIpc) is 2.66. The molecule has 144 valence electrons. The number of carbonyl (C=O) groups is 1. The maximum Gasteiger partial charge on any atom is 0.234 e. The van der Waals surface area contributed by atoms with Crippen LogP contribution < -0.4 is 5.32 Å². The smallest absolute Gasteiger partial charge is 0.234 e. The summed E-state index contributed by atoms with van der Waals surface area (Å²) in [5.41, 5.74) is 6.15. The van der Waals surface area contributed by atoms with Crippen LogP contribution in [0.5, 0.6) is 0 Å². The highest BCUT2D eigenvalue weighted by Crippen LogP contribution is 2.27. The van der Waals surface area contributed by atoms with Crippen LogP contribution in [0.4, 0.5) is 5.69 Å². The van der Waals surface area contributed by atoms with Gasteiger partial charge in [0.05, 0.1) is 21.5 Å². The van der Waals surface area contributed by atoms with Gasteiger partial charge < -0.3 is 5.32 Å². The van der Waals surface area contributed by atoms with Crippen molar-refractivity contribution in [3.05, 3.63) is 69.2 Å². The number of carbonyl (C=O) groups excluding carboxylic acids is 1. The molecule has 0 bridgehead atoms. The fourth-order valence-electron chi connectivity index (χ4n) is 2.69. The molecule has 1 heterocycles. The third-order valence-electron chi connectivity index (χ3n) is 4.31. The van der Waals surface area contributed by atoms with Gasteiger partial charge in [0, 0.05) is 11.3 Å². The monoisotopic (exact) mass is 431 g/mol. The van der Waals surface area contributed by atoms with Gasteiger partial charge in [0.2, 0.25) is 5.91 Å². The van der Waals surface area contributed by atoms with Gasteiger partial charge in [0.25, 0.3) is 0 Å². The number of hydrogen-bond donors (Lipinski definition) is 1. The Bertz CT molecular complexity index is 1020. The van der Waals surface area contributed by atoms with E-state index in [0.717, 1.165) is 11.3 Å². The van der Waals surface area contributed by atoms with E-state index in [1.807, 2.05) is 12.1 Å². The minimum atomic E-state index is -0.153. The SMILES string of the molecule is Cc1cc(C)c(-c2ccc(SCC(=O)Nc3ccc(Cl)c(Cl)c3)nn2)cc1C. The molecule has 2 aromatic carbocycles. The van der Waals surface area contributed by atoms with Gasteiger partial charge in [0.1, 0.15) is 5.03 Å². The van der Waals surface area contributed by atoms with Crippen molar-refractivity contribution in [2.24, 2.45) is 0 Å². The van der Waals surface area contributed by atoms with Gasteiger partial charge in [-0.15, -0.1) is 10.2 Å². The summed E-state index contributed by atoms with van der Waals surface area (Å²) >= 11 is 13.2. The number of nitrogens with zero attached hydrogens (tertiary/aromatic N) is 2. The third-order valence-corrected chi connectivity index (χ3v) is 5.97. The van der Waals surface area contributed by atoms with Crippen LogP contribution in [0, 0.1) is 20.8 Å². The van der Waals surface area contributed by atoms with Gasteiger partial charge in [-0.25, -0.2) is 0 Å². The first-order valence-electron chi connectivity index (χ1n) is 8.63. The number of halogens is 2. The molecule has 0 aliphatic heterocycles. The second kappa shape index (κ2) is 8.95. The number of aromatic nitrogens is 2. The topological polar surface area (TPSA) is 54.9 Å². The lowest BCUT2D eigenvalue weighted by Gasteiger charge is -2.09. The highest BCUT2D eigenvalue weighted by molar-refractivity contribution is 7.99. The Morgan fingerprint density at radius 2 is 1.68 bits per heavy atom. The maximum absolute atomic E-state index is 12.1. The Labute approximate surface area is 178 Å². The molecule has 0 radical (unpaired) electrons. The lowest BCUT2D eigenvalue weighted by atomic mass is 9.99. The average molecular weight is 432 g/mol. The summed E-state index contributed by atoms with van der Waals surface area (Å²) in [5, 5.41) is 12.9. The predicted molar refractivity (Wildman–Crippen MR) is 117 cm³/mol. The van der Waals surface area contributed by atoms with Crippen LogP contribution in [0.2, 0.25) is 10.0 Å². The summed E-state index contributed by atoms with van der Waals surface area (Å²) in [4.78, 5) is 12.1. The van der Waals surface area contributed by atoms with Gasteiger partial charge in [-0.3, -0.25) is 4.79 Å². The number of anilines is 1. The molecule has 1 N–H and O–H groups in total. The van der Waals surface area contributed by atoms with Crippen LogP contribution in [0.25, 0.3) is 11.3 Å². The van der Waals surface area contributed by atoms with Crippen LogP contribution in [0.3, 0.4) is 0 Å². The van der Waals surface area contributed by atoms with E-state index in [2.05, 4.69) is 48.4 Å². The molecule has 0 spiro atoms. The molecule has 0 unspecified atom stereocenters. The van der Waals surface area contributed by atoms with E-state index < -0.39 is 0 Å². The minimum absolute atomic E-state index is 0.153. The van der Waals surface area contributed by atoms with E-state index in [1.165, 1.54) is 28.5 Å². The molecule has 1 amide bonds. The number of benzene rings is 2. The van der Waals surface area contributed by atoms with Crippen molar-refractivity contribution in [1.29, 1.82) is 0 Å². The van der Waals surface area contributed by atoms with Gasteiger partial charge >= 0.3 is 0 Å². The zero-order valence-corrected chi connectivity index (χ0v) is 18.0. The highest BCUT2D eigenvalue weighted by atomic mass is 35.5. The first kappa shape index (κ1) is 20.6. The zero-order chi connectivity index (χ0) is 20.3. The fraction of sp³-hybridized carbons (Fsp3) is 0.190. The molecule has 0 aliphatic carbocycles. The lowest BCUT2D eigenvalue weighted by molar-refractivity contribution is -0.113. The lowest BCUT2D eigenvalue weighted by Crippen LogP contribution is -2.14. The quantitative estimate of drug-likeness (QED) is 0.495. The molecule has 3 aromatic rings. The van der Waals surface area contributed by atoms with Crippen molar-refractivity contribution in [3.63, 3.8) is 0 Å². The van der Waals surface area contributed by atoms with Crippen LogP contribution >= 0.6 is 35.0 Å². The van der Waals surface area contributed by atoms with Crippen molar-refractivity contribution >= 4 is 46.6 Å². The summed E-state index contributed by atoms with van der Waals surface area (Å²) in [7, 11) is 0. The van der Waals surface area contributed by atoms with E-state index in [0.29, 0.717) is 20.8 Å². The molecule has 4 nitrogen and oxygen atoms in total. The first-order valence-corrected chi connectivity index (χ1v) is 10.4. The number of rotatable bonds is 5. The number of hydrogen-bond acceptors (Lipinski definition) is 4. The Morgan fingerprint density at radius 1 is 0.929 bits per heavy atom. The highest BCUT2D eigenvalue weighted by Gasteiger charge is 2.09. The first-order chi connectivity index (χ1) is 13.3. The molecule has 3 rings (SSSR count). The Morgan fingerprint density at radius 3 is 2.36 bits per heavy atom. The van der Waals surface area contributed by atoms with Crippen LogP contribution in [-0.4, -0.2) is 21.9 Å². The molecule has 0 saturated heterocycles. The van der Waals surface area contributed by atoms with Gasteiger partial charge in [-0.2, -0.15) is 0 Å². The summed E-state index contributed by atoms with van der Waals surface area (Å²) in [6, 6.07) is 13.1. The number of aryl methyl sites for hydroxylation is 3.